The lowest BCUT2D eigenvalue weighted by molar-refractivity contribution is -0.384. The van der Waals surface area contributed by atoms with Crippen molar-refractivity contribution in [2.45, 2.75) is 6.67 Å². The molecule has 0 unspecified atom stereocenters. The third kappa shape index (κ3) is 3.52. The molecule has 0 radical (unpaired) electrons. The molecule has 8 heteroatoms. The normalized spacial score (nSPS) is 15.2. The molecule has 0 amide bonds. The molecule has 1 aromatic heterocycles. The number of benzene rings is 2. The Morgan fingerprint density at radius 3 is 2.48 bits per heavy atom. The van der Waals surface area contributed by atoms with E-state index in [1.165, 1.54) is 34.8 Å². The van der Waals surface area contributed by atoms with Gasteiger partial charge in [-0.3, -0.25) is 24.4 Å². The van der Waals surface area contributed by atoms with Crippen LogP contribution in [0.3, 0.4) is 0 Å². The van der Waals surface area contributed by atoms with Gasteiger partial charge in [0, 0.05) is 44.0 Å². The van der Waals surface area contributed by atoms with E-state index in [1.807, 2.05) is 18.2 Å². The summed E-state index contributed by atoms with van der Waals surface area (Å²) in [5.41, 5.74) is 1.31. The van der Waals surface area contributed by atoms with Crippen LogP contribution in [0.2, 0.25) is 0 Å². The molecule has 0 saturated carbocycles. The highest BCUT2D eigenvalue weighted by Crippen LogP contribution is 2.17. The monoisotopic (exact) mass is 365 g/mol. The van der Waals surface area contributed by atoms with Gasteiger partial charge in [-0.25, -0.2) is 4.98 Å². The largest absolute Gasteiger partial charge is 0.369 e. The highest BCUT2D eigenvalue weighted by Gasteiger charge is 2.18. The lowest BCUT2D eigenvalue weighted by atomic mass is 10.2. The zero-order chi connectivity index (χ0) is 18.8. The van der Waals surface area contributed by atoms with Crippen LogP contribution in [0.25, 0.3) is 10.9 Å². The van der Waals surface area contributed by atoms with Gasteiger partial charge in [0.25, 0.3) is 11.2 Å². The summed E-state index contributed by atoms with van der Waals surface area (Å²) in [5.74, 6) is 0. The van der Waals surface area contributed by atoms with Gasteiger partial charge in [-0.05, 0) is 18.2 Å². The first-order valence-electron chi connectivity index (χ1n) is 8.78. The van der Waals surface area contributed by atoms with Crippen LogP contribution in [-0.4, -0.2) is 45.6 Å². The van der Waals surface area contributed by atoms with Crippen LogP contribution in [0.15, 0.2) is 59.7 Å². The van der Waals surface area contributed by atoms with E-state index >= 15 is 0 Å². The van der Waals surface area contributed by atoms with Gasteiger partial charge in [-0.2, -0.15) is 0 Å². The Bertz CT molecular complexity index is 1030. The Labute approximate surface area is 155 Å². The quantitative estimate of drug-likeness (QED) is 0.520. The number of nitro groups is 1. The minimum atomic E-state index is -0.501. The molecule has 1 fully saturated rings. The number of para-hydroxylation sites is 1. The number of nitrogens with zero attached hydrogens (tertiary/aromatic N) is 5. The maximum atomic E-state index is 12.7. The van der Waals surface area contributed by atoms with Crippen molar-refractivity contribution >= 4 is 22.3 Å². The number of non-ortho nitro benzene ring substituents is 1. The van der Waals surface area contributed by atoms with Crippen molar-refractivity contribution in [1.29, 1.82) is 0 Å². The molecular weight excluding hydrogens is 346 g/mol. The molecule has 1 aliphatic heterocycles. The van der Waals surface area contributed by atoms with Crippen molar-refractivity contribution in [2.24, 2.45) is 0 Å². The first-order chi connectivity index (χ1) is 13.1. The van der Waals surface area contributed by atoms with Gasteiger partial charge in [0.15, 0.2) is 0 Å². The fraction of sp³-hybridized carbons (Fsp3) is 0.263. The number of aromatic nitrogens is 2. The van der Waals surface area contributed by atoms with E-state index in [2.05, 4.69) is 26.9 Å². The van der Waals surface area contributed by atoms with Gasteiger partial charge < -0.3 is 4.90 Å². The molecular formula is C19H19N5O3. The van der Waals surface area contributed by atoms with Crippen LogP contribution in [0.5, 0.6) is 0 Å². The molecule has 8 nitrogen and oxygen atoms in total. The Balaban J connectivity index is 1.50. The van der Waals surface area contributed by atoms with Crippen molar-refractivity contribution in [3.05, 3.63) is 75.3 Å². The summed E-state index contributed by atoms with van der Waals surface area (Å²) >= 11 is 0. The SMILES string of the molecule is O=c1c2cc([N+](=O)[O-])ccc2ncn1CN1CCN(c2ccccc2)CC1. The van der Waals surface area contributed by atoms with Gasteiger partial charge in [-0.1, -0.05) is 18.2 Å². The van der Waals surface area contributed by atoms with E-state index in [0.29, 0.717) is 12.2 Å². The van der Waals surface area contributed by atoms with Crippen molar-refractivity contribution < 1.29 is 4.92 Å². The second kappa shape index (κ2) is 7.16. The zero-order valence-corrected chi connectivity index (χ0v) is 14.7. The first kappa shape index (κ1) is 17.2. The van der Waals surface area contributed by atoms with Crippen LogP contribution in [0, 0.1) is 10.1 Å². The maximum Gasteiger partial charge on any atom is 0.270 e. The molecule has 3 aromatic rings. The number of fused-ring (bicyclic) bond motifs is 1. The highest BCUT2D eigenvalue weighted by atomic mass is 16.6. The summed E-state index contributed by atoms with van der Waals surface area (Å²) in [4.78, 5) is 32.0. The lowest BCUT2D eigenvalue weighted by Crippen LogP contribution is -2.47. The minimum absolute atomic E-state index is 0.101. The van der Waals surface area contributed by atoms with Crippen LogP contribution in [-0.2, 0) is 6.67 Å². The third-order valence-electron chi connectivity index (χ3n) is 4.86. The fourth-order valence-electron chi connectivity index (χ4n) is 3.36. The van der Waals surface area contributed by atoms with Crippen LogP contribution >= 0.6 is 0 Å². The van der Waals surface area contributed by atoms with Gasteiger partial charge >= 0.3 is 0 Å². The zero-order valence-electron chi connectivity index (χ0n) is 14.7. The van der Waals surface area contributed by atoms with Gasteiger partial charge in [0.1, 0.15) is 0 Å². The standard InChI is InChI=1S/C19H19N5O3/c25-19-17-12-16(24(26)27)6-7-18(17)20-13-23(19)14-21-8-10-22(11-9-21)15-4-2-1-3-5-15/h1-7,12-13H,8-11,14H2. The average Bonchev–Trinajstić information content (AvgIpc) is 2.71. The molecule has 4 rings (SSSR count). The van der Waals surface area contributed by atoms with Crippen LogP contribution in [0.4, 0.5) is 11.4 Å². The highest BCUT2D eigenvalue weighted by molar-refractivity contribution is 5.79. The van der Waals surface area contributed by atoms with Gasteiger partial charge in [0.05, 0.1) is 28.8 Å². The molecule has 1 saturated heterocycles. The van der Waals surface area contributed by atoms with Crippen molar-refractivity contribution in [1.82, 2.24) is 14.5 Å². The lowest BCUT2D eigenvalue weighted by Gasteiger charge is -2.36. The number of piperazine rings is 1. The van der Waals surface area contributed by atoms with E-state index in [1.54, 1.807) is 0 Å². The molecule has 0 atom stereocenters. The summed E-state index contributed by atoms with van der Waals surface area (Å²) in [6, 6.07) is 14.4. The fourth-order valence-corrected chi connectivity index (χ4v) is 3.36. The molecule has 1 aliphatic rings. The smallest absolute Gasteiger partial charge is 0.270 e. The topological polar surface area (TPSA) is 84.5 Å². The van der Waals surface area contributed by atoms with E-state index < -0.39 is 4.92 Å². The van der Waals surface area contributed by atoms with E-state index in [-0.39, 0.29) is 16.6 Å². The van der Waals surface area contributed by atoms with E-state index in [9.17, 15) is 14.9 Å². The Hall–Kier alpha value is -3.26. The average molecular weight is 365 g/mol. The number of rotatable bonds is 4. The molecule has 2 aromatic carbocycles. The number of anilines is 1. The molecule has 2 heterocycles. The van der Waals surface area contributed by atoms with Gasteiger partial charge in [-0.15, -0.1) is 0 Å². The predicted octanol–water partition coefficient (Wildman–Crippen LogP) is 2.08. The molecule has 0 aliphatic carbocycles. The minimum Gasteiger partial charge on any atom is -0.369 e. The second-order valence-corrected chi connectivity index (χ2v) is 6.56. The molecule has 27 heavy (non-hydrogen) atoms. The molecule has 0 bridgehead atoms. The summed E-state index contributed by atoms with van der Waals surface area (Å²) in [5, 5.41) is 11.2. The maximum absolute atomic E-state index is 12.7. The van der Waals surface area contributed by atoms with Gasteiger partial charge in [0.2, 0.25) is 0 Å². The van der Waals surface area contributed by atoms with Crippen LogP contribution < -0.4 is 10.5 Å². The van der Waals surface area contributed by atoms with Crippen LogP contribution in [0.1, 0.15) is 0 Å². The summed E-state index contributed by atoms with van der Waals surface area (Å²) in [6.07, 6.45) is 1.51. The number of hydrogen-bond acceptors (Lipinski definition) is 6. The first-order valence-corrected chi connectivity index (χ1v) is 8.78. The Morgan fingerprint density at radius 1 is 1.04 bits per heavy atom. The molecule has 0 N–H and O–H groups in total. The van der Waals surface area contributed by atoms with Crippen molar-refractivity contribution in [3.63, 3.8) is 0 Å². The van der Waals surface area contributed by atoms with Crippen molar-refractivity contribution in [3.8, 4) is 0 Å². The molecule has 0 spiro atoms. The summed E-state index contributed by atoms with van der Waals surface area (Å²) < 4.78 is 1.52. The number of nitro benzene ring substituents is 1. The van der Waals surface area contributed by atoms with E-state index in [4.69, 9.17) is 0 Å². The third-order valence-corrected chi connectivity index (χ3v) is 4.86. The van der Waals surface area contributed by atoms with Crippen molar-refractivity contribution in [2.75, 3.05) is 31.1 Å². The summed E-state index contributed by atoms with van der Waals surface area (Å²) in [7, 11) is 0. The Morgan fingerprint density at radius 2 is 1.78 bits per heavy atom. The second-order valence-electron chi connectivity index (χ2n) is 6.56. The number of hydrogen-bond donors (Lipinski definition) is 0. The van der Waals surface area contributed by atoms with E-state index in [0.717, 1.165) is 26.2 Å². The predicted molar refractivity (Wildman–Crippen MR) is 103 cm³/mol. The Kier molecular flexibility index (Phi) is 4.55. The summed E-state index contributed by atoms with van der Waals surface area (Å²) in [6.45, 7) is 3.84. The molecule has 138 valence electrons.